The molecule has 2 rings (SSSR count). The van der Waals surface area contributed by atoms with Gasteiger partial charge in [0, 0.05) is 17.1 Å². The molecule has 0 saturated heterocycles. The Bertz CT molecular complexity index is 707. The molecular formula is C19H23ClFN2O2+. The predicted octanol–water partition coefficient (Wildman–Crippen LogP) is 1.86. The summed E-state index contributed by atoms with van der Waals surface area (Å²) in [6.45, 7) is 1.51. The van der Waals surface area contributed by atoms with E-state index in [0.29, 0.717) is 31.1 Å². The number of hydrogen-bond donors (Lipinski definition) is 2. The molecule has 0 spiro atoms. The number of rotatable bonds is 8. The van der Waals surface area contributed by atoms with E-state index in [2.05, 4.69) is 5.32 Å². The van der Waals surface area contributed by atoms with Crippen LogP contribution in [0.1, 0.15) is 11.1 Å². The van der Waals surface area contributed by atoms with E-state index in [1.165, 1.54) is 12.1 Å². The molecule has 0 aliphatic heterocycles. The lowest BCUT2D eigenvalue weighted by molar-refractivity contribution is -0.885. The molecule has 25 heavy (non-hydrogen) atoms. The number of benzene rings is 2. The van der Waals surface area contributed by atoms with Crippen molar-refractivity contribution in [2.24, 2.45) is 0 Å². The number of carbonyl (C=O) groups excluding carboxylic acids is 1. The van der Waals surface area contributed by atoms with Crippen LogP contribution in [0, 0.1) is 5.82 Å². The van der Waals surface area contributed by atoms with Gasteiger partial charge in [-0.3, -0.25) is 4.79 Å². The lowest BCUT2D eigenvalue weighted by Crippen LogP contribution is -3.08. The molecule has 1 atom stereocenters. The number of methoxy groups -OCH3 is 1. The molecule has 6 heteroatoms. The number of quaternary nitrogens is 1. The minimum atomic E-state index is -0.255. The first-order valence-electron chi connectivity index (χ1n) is 8.13. The maximum absolute atomic E-state index is 12.8. The first-order chi connectivity index (χ1) is 12.0. The fraction of sp³-hybridized carbons (Fsp3) is 0.316. The summed E-state index contributed by atoms with van der Waals surface area (Å²) in [5, 5.41) is 3.54. The van der Waals surface area contributed by atoms with Crippen molar-refractivity contribution < 1.29 is 18.8 Å². The topological polar surface area (TPSA) is 42.8 Å². The van der Waals surface area contributed by atoms with Crippen LogP contribution in [0.5, 0.6) is 5.75 Å². The second kappa shape index (κ2) is 9.39. The van der Waals surface area contributed by atoms with E-state index in [1.54, 1.807) is 25.3 Å². The third-order valence-electron chi connectivity index (χ3n) is 3.85. The Hall–Kier alpha value is -2.11. The van der Waals surface area contributed by atoms with Crippen LogP contribution in [0.15, 0.2) is 42.5 Å². The molecule has 0 bridgehead atoms. The maximum atomic E-state index is 12.8. The highest BCUT2D eigenvalue weighted by molar-refractivity contribution is 6.30. The fourth-order valence-corrected chi connectivity index (χ4v) is 2.80. The number of ether oxygens (including phenoxy) is 1. The Kier molecular flexibility index (Phi) is 7.22. The van der Waals surface area contributed by atoms with E-state index in [9.17, 15) is 9.18 Å². The molecule has 2 aromatic rings. The van der Waals surface area contributed by atoms with Gasteiger partial charge in [-0.15, -0.1) is 0 Å². The largest absolute Gasteiger partial charge is 0.496 e. The number of halogens is 2. The Balaban J connectivity index is 1.78. The molecular weight excluding hydrogens is 343 g/mol. The predicted molar refractivity (Wildman–Crippen MR) is 96.6 cm³/mol. The molecule has 1 unspecified atom stereocenters. The Morgan fingerprint density at radius 3 is 2.64 bits per heavy atom. The summed E-state index contributed by atoms with van der Waals surface area (Å²) in [5.74, 6) is 0.482. The van der Waals surface area contributed by atoms with E-state index in [1.807, 2.05) is 19.2 Å². The van der Waals surface area contributed by atoms with Crippen molar-refractivity contribution in [2.75, 3.05) is 27.2 Å². The zero-order valence-corrected chi connectivity index (χ0v) is 15.2. The summed E-state index contributed by atoms with van der Waals surface area (Å²) >= 11 is 6.03. The van der Waals surface area contributed by atoms with Crippen LogP contribution in [0.3, 0.4) is 0 Å². The molecule has 0 saturated carbocycles. The number of likely N-dealkylation sites (N-methyl/N-ethyl adjacent to an activating group) is 1. The van der Waals surface area contributed by atoms with Gasteiger partial charge in [-0.2, -0.15) is 0 Å². The maximum Gasteiger partial charge on any atom is 0.275 e. The van der Waals surface area contributed by atoms with Crippen molar-refractivity contribution in [3.63, 3.8) is 0 Å². The van der Waals surface area contributed by atoms with Gasteiger partial charge in [-0.05, 0) is 42.3 Å². The van der Waals surface area contributed by atoms with Gasteiger partial charge in [0.15, 0.2) is 6.54 Å². The molecule has 0 radical (unpaired) electrons. The van der Waals surface area contributed by atoms with Gasteiger partial charge in [0.05, 0.1) is 14.2 Å². The first-order valence-corrected chi connectivity index (χ1v) is 8.50. The first kappa shape index (κ1) is 19.2. The molecule has 0 fully saturated rings. The molecule has 0 aliphatic carbocycles. The van der Waals surface area contributed by atoms with Gasteiger partial charge in [-0.25, -0.2) is 4.39 Å². The van der Waals surface area contributed by atoms with Crippen molar-refractivity contribution in [2.45, 2.75) is 13.0 Å². The van der Waals surface area contributed by atoms with E-state index in [0.717, 1.165) is 21.8 Å². The van der Waals surface area contributed by atoms with Gasteiger partial charge < -0.3 is 15.0 Å². The smallest absolute Gasteiger partial charge is 0.275 e. The van der Waals surface area contributed by atoms with Crippen LogP contribution in [0.4, 0.5) is 4.39 Å². The van der Waals surface area contributed by atoms with Crippen LogP contribution >= 0.6 is 11.6 Å². The van der Waals surface area contributed by atoms with Gasteiger partial charge in [-0.1, -0.05) is 23.7 Å². The average molecular weight is 366 g/mol. The second-order valence-electron chi connectivity index (χ2n) is 5.99. The summed E-state index contributed by atoms with van der Waals surface area (Å²) in [6.07, 6.45) is 0.674. The van der Waals surface area contributed by atoms with E-state index in [4.69, 9.17) is 16.3 Å². The van der Waals surface area contributed by atoms with Crippen molar-refractivity contribution in [3.8, 4) is 5.75 Å². The lowest BCUT2D eigenvalue weighted by Gasteiger charge is -2.16. The third-order valence-corrected chi connectivity index (χ3v) is 4.08. The zero-order valence-electron chi connectivity index (χ0n) is 14.4. The molecule has 2 N–H and O–H groups in total. The van der Waals surface area contributed by atoms with Crippen LogP contribution in [-0.4, -0.2) is 33.2 Å². The van der Waals surface area contributed by atoms with Crippen LogP contribution in [0.25, 0.3) is 0 Å². The monoisotopic (exact) mass is 365 g/mol. The number of carbonyl (C=O) groups is 1. The highest BCUT2D eigenvalue weighted by atomic mass is 35.5. The molecule has 2 aromatic carbocycles. The van der Waals surface area contributed by atoms with Crippen molar-refractivity contribution >= 4 is 17.5 Å². The van der Waals surface area contributed by atoms with E-state index < -0.39 is 0 Å². The average Bonchev–Trinajstić information content (AvgIpc) is 2.57. The van der Waals surface area contributed by atoms with E-state index >= 15 is 0 Å². The highest BCUT2D eigenvalue weighted by Gasteiger charge is 2.13. The summed E-state index contributed by atoms with van der Waals surface area (Å²) in [7, 11) is 3.56. The quantitative estimate of drug-likeness (QED) is 0.750. The van der Waals surface area contributed by atoms with Crippen molar-refractivity contribution in [1.29, 1.82) is 0 Å². The van der Waals surface area contributed by atoms with Gasteiger partial charge in [0.2, 0.25) is 0 Å². The van der Waals surface area contributed by atoms with Crippen LogP contribution < -0.4 is 15.0 Å². The fourth-order valence-electron chi connectivity index (χ4n) is 2.61. The lowest BCUT2D eigenvalue weighted by atomic mass is 10.1. The SMILES string of the molecule is COc1ccc(Cl)cc1C[NH+](C)CC(=O)NCCc1ccc(F)cc1. The van der Waals surface area contributed by atoms with Crippen LogP contribution in [0.2, 0.25) is 5.02 Å². The minimum absolute atomic E-state index is 0.0272. The van der Waals surface area contributed by atoms with Crippen LogP contribution in [-0.2, 0) is 17.8 Å². The minimum Gasteiger partial charge on any atom is -0.496 e. The van der Waals surface area contributed by atoms with E-state index in [-0.39, 0.29) is 11.7 Å². The summed E-state index contributed by atoms with van der Waals surface area (Å²) in [6, 6.07) is 11.8. The summed E-state index contributed by atoms with van der Waals surface area (Å²) in [4.78, 5) is 13.1. The Morgan fingerprint density at radius 1 is 1.24 bits per heavy atom. The number of amides is 1. The molecule has 4 nitrogen and oxygen atoms in total. The summed E-state index contributed by atoms with van der Waals surface area (Å²) < 4.78 is 18.2. The third kappa shape index (κ3) is 6.36. The Labute approximate surface area is 152 Å². The van der Waals surface area contributed by atoms with Crippen molar-refractivity contribution in [3.05, 3.63) is 64.4 Å². The highest BCUT2D eigenvalue weighted by Crippen LogP contribution is 2.21. The standard InChI is InChI=1S/C19H22ClFN2O2/c1-23(12-15-11-16(20)5-8-18(15)25-2)13-19(24)22-10-9-14-3-6-17(21)7-4-14/h3-8,11H,9-10,12-13H2,1-2H3,(H,22,24)/p+1. The van der Waals surface area contributed by atoms with Crippen molar-refractivity contribution in [1.82, 2.24) is 5.32 Å². The molecule has 0 aliphatic rings. The number of nitrogens with one attached hydrogen (secondary N) is 2. The second-order valence-corrected chi connectivity index (χ2v) is 6.43. The summed E-state index contributed by atoms with van der Waals surface area (Å²) in [5.41, 5.74) is 1.96. The van der Waals surface area contributed by atoms with Gasteiger partial charge in [0.1, 0.15) is 18.1 Å². The molecule has 1 amide bonds. The number of hydrogen-bond acceptors (Lipinski definition) is 2. The van der Waals surface area contributed by atoms with Gasteiger partial charge >= 0.3 is 0 Å². The molecule has 0 heterocycles. The Morgan fingerprint density at radius 2 is 1.96 bits per heavy atom. The normalized spacial score (nSPS) is 11.8. The zero-order chi connectivity index (χ0) is 18.2. The van der Waals surface area contributed by atoms with Gasteiger partial charge in [0.25, 0.3) is 5.91 Å². The molecule has 0 aromatic heterocycles. The molecule has 134 valence electrons.